The predicted molar refractivity (Wildman–Crippen MR) is 116 cm³/mol. The number of aliphatic carboxylic acids is 1. The number of carboxylic acids is 1. The fourth-order valence-electron chi connectivity index (χ4n) is 3.52. The zero-order valence-electron chi connectivity index (χ0n) is 18.0. The van der Waals surface area contributed by atoms with Crippen LogP contribution in [0.5, 0.6) is 0 Å². The van der Waals surface area contributed by atoms with Gasteiger partial charge in [-0.05, 0) is 39.0 Å². The van der Waals surface area contributed by atoms with E-state index >= 15 is 0 Å². The summed E-state index contributed by atoms with van der Waals surface area (Å²) in [5.41, 5.74) is 4.35. The number of aryl methyl sites for hydroxylation is 1. The lowest BCUT2D eigenvalue weighted by Gasteiger charge is -2.25. The van der Waals surface area contributed by atoms with Gasteiger partial charge in [0.1, 0.15) is 11.7 Å². The Morgan fingerprint density at radius 1 is 1.07 bits per heavy atom. The highest BCUT2D eigenvalue weighted by Gasteiger charge is 2.32. The molecule has 2 atom stereocenters. The van der Waals surface area contributed by atoms with Crippen molar-refractivity contribution in [2.24, 2.45) is 17.3 Å². The average molecular weight is 406 g/mol. The van der Waals surface area contributed by atoms with Crippen LogP contribution in [-0.4, -0.2) is 23.6 Å². The highest BCUT2D eigenvalue weighted by atomic mass is 16.4. The van der Waals surface area contributed by atoms with Crippen molar-refractivity contribution in [3.63, 3.8) is 0 Å². The van der Waals surface area contributed by atoms with E-state index < -0.39 is 5.97 Å². The van der Waals surface area contributed by atoms with Crippen LogP contribution >= 0.6 is 0 Å². The van der Waals surface area contributed by atoms with Gasteiger partial charge in [-0.25, -0.2) is 5.01 Å². The number of nitrogens with one attached hydrogen (secondary N) is 1. The molecule has 1 aromatic heterocycles. The number of quaternary nitrogens is 1. The van der Waals surface area contributed by atoms with Gasteiger partial charge in [0.05, 0.1) is 18.3 Å². The number of rotatable bonds is 3. The molecule has 0 saturated heterocycles. The number of likely N-dealkylation sites (N-methyl/N-ethyl adjacent to an activating group) is 1. The monoisotopic (exact) mass is 405 g/mol. The number of hydrogen-bond acceptors (Lipinski definition) is 5. The normalized spacial score (nSPS) is 18.4. The number of para-hydroxylation sites is 2. The third kappa shape index (κ3) is 4.26. The van der Waals surface area contributed by atoms with E-state index in [4.69, 9.17) is 9.90 Å². The Morgan fingerprint density at radius 3 is 2.33 bits per heavy atom. The summed E-state index contributed by atoms with van der Waals surface area (Å²) in [5.74, 6) is -0.200. The minimum Gasteiger partial charge on any atom is -0.550 e. The maximum Gasteiger partial charge on any atom is 0.206 e. The number of carbonyl (C=O) groups is 1. The van der Waals surface area contributed by atoms with Crippen LogP contribution in [0.15, 0.2) is 76.7 Å². The molecule has 0 bridgehead atoms. The molecule has 3 aromatic rings. The fraction of sp³-hybridized carbons (Fsp3) is 0.261. The van der Waals surface area contributed by atoms with E-state index in [0.29, 0.717) is 6.04 Å². The molecule has 2 aromatic carbocycles. The van der Waals surface area contributed by atoms with Crippen LogP contribution in [-0.2, 0) is 11.8 Å². The van der Waals surface area contributed by atoms with Crippen molar-refractivity contribution >= 4 is 28.2 Å². The van der Waals surface area contributed by atoms with Gasteiger partial charge >= 0.3 is 0 Å². The highest BCUT2D eigenvalue weighted by Crippen LogP contribution is 2.33. The van der Waals surface area contributed by atoms with E-state index in [2.05, 4.69) is 96.3 Å². The van der Waals surface area contributed by atoms with Gasteiger partial charge in [-0.3, -0.25) is 0 Å². The van der Waals surface area contributed by atoms with E-state index in [9.17, 15) is 0 Å². The quantitative estimate of drug-likeness (QED) is 0.680. The van der Waals surface area contributed by atoms with Gasteiger partial charge in [0, 0.05) is 30.2 Å². The summed E-state index contributed by atoms with van der Waals surface area (Å²) in [6, 6.07) is 19.0. The van der Waals surface area contributed by atoms with Gasteiger partial charge in [0.25, 0.3) is 0 Å². The fourth-order valence-corrected chi connectivity index (χ4v) is 3.52. The molecule has 1 aliphatic rings. The second kappa shape index (κ2) is 8.92. The lowest BCUT2D eigenvalue weighted by Crippen LogP contribution is -3.17. The van der Waals surface area contributed by atoms with Crippen molar-refractivity contribution in [2.75, 3.05) is 12.1 Å². The Kier molecular flexibility index (Phi) is 6.32. The molecule has 30 heavy (non-hydrogen) atoms. The zero-order valence-corrected chi connectivity index (χ0v) is 18.0. The first-order chi connectivity index (χ1) is 14.3. The summed E-state index contributed by atoms with van der Waals surface area (Å²) in [6.07, 6.45) is 2.17. The molecule has 0 spiro atoms. The number of fused-ring (bicyclic) bond motifs is 1. The van der Waals surface area contributed by atoms with Gasteiger partial charge < -0.3 is 14.5 Å². The van der Waals surface area contributed by atoms with Crippen LogP contribution in [0.25, 0.3) is 10.9 Å². The predicted octanol–water partition coefficient (Wildman–Crippen LogP) is 2.51. The topological polar surface area (TPSA) is 77.5 Å². The molecule has 0 radical (unpaired) electrons. The number of hydrogen-bond donors (Lipinski definition) is 1. The summed E-state index contributed by atoms with van der Waals surface area (Å²) in [7, 11) is 4.22. The largest absolute Gasteiger partial charge is 0.550 e. The van der Waals surface area contributed by atoms with E-state index in [1.54, 1.807) is 0 Å². The van der Waals surface area contributed by atoms with Gasteiger partial charge in [-0.2, -0.15) is 5.01 Å². The van der Waals surface area contributed by atoms with E-state index in [1.165, 1.54) is 10.5 Å². The van der Waals surface area contributed by atoms with Crippen molar-refractivity contribution in [3.05, 3.63) is 72.2 Å². The third-order valence-electron chi connectivity index (χ3n) is 5.27. The number of aromatic nitrogens is 1. The van der Waals surface area contributed by atoms with Crippen LogP contribution in [0, 0.1) is 6.92 Å². The number of nitrogens with zero attached hydrogens (tertiary/aromatic N) is 4. The summed E-state index contributed by atoms with van der Waals surface area (Å²) in [4.78, 5) is 8.89. The average Bonchev–Trinajstić information content (AvgIpc) is 3.14. The van der Waals surface area contributed by atoms with Crippen molar-refractivity contribution in [1.82, 2.24) is 4.57 Å². The maximum absolute atomic E-state index is 8.89. The molecule has 0 saturated carbocycles. The molecule has 156 valence electrons. The Labute approximate surface area is 176 Å². The molecule has 4 rings (SSSR count). The van der Waals surface area contributed by atoms with Crippen LogP contribution in [0.4, 0.5) is 11.4 Å². The Bertz CT molecular complexity index is 1100. The minimum atomic E-state index is -1.08. The molecule has 0 fully saturated rings. The summed E-state index contributed by atoms with van der Waals surface area (Å²) in [5, 5.41) is 22.8. The Balaban J connectivity index is 0.000000589. The molecule has 1 aliphatic heterocycles. The van der Waals surface area contributed by atoms with Crippen LogP contribution < -0.4 is 15.1 Å². The standard InChI is InChI=1S/C21H23N5.C2H4O2/c1-15-14-20(26(25(15)4)17-10-6-5-7-11-17)22-23-21-16(2)24(3)19-13-9-8-12-18(19)21;1-2(3)4/h5-15H,1-4H3;1H3,(H,3,4). The minimum absolute atomic E-state index is 0.345. The molecule has 7 heteroatoms. The first-order valence-electron chi connectivity index (χ1n) is 9.85. The van der Waals surface area contributed by atoms with Gasteiger partial charge in [0.2, 0.25) is 5.82 Å². The van der Waals surface area contributed by atoms with Crippen LogP contribution in [0.2, 0.25) is 0 Å². The lowest BCUT2D eigenvalue weighted by atomic mass is 10.2. The molecule has 2 heterocycles. The van der Waals surface area contributed by atoms with Gasteiger partial charge in [-0.1, -0.05) is 36.4 Å². The smallest absolute Gasteiger partial charge is 0.206 e. The number of anilines is 1. The summed E-state index contributed by atoms with van der Waals surface area (Å²) >= 11 is 0. The highest BCUT2D eigenvalue weighted by molar-refractivity contribution is 5.93. The molecular weight excluding hydrogens is 378 g/mol. The van der Waals surface area contributed by atoms with Crippen molar-refractivity contribution in [3.8, 4) is 0 Å². The molecule has 0 amide bonds. The molecule has 1 N–H and O–H groups in total. The number of carboxylic acid groups (broad SMARTS) is 1. The molecule has 7 nitrogen and oxygen atoms in total. The number of azo groups is 1. The van der Waals surface area contributed by atoms with E-state index in [-0.39, 0.29) is 0 Å². The number of carbonyl (C=O) groups excluding carboxylic acids is 1. The molecule has 0 aliphatic carbocycles. The Hall–Kier alpha value is -3.45. The van der Waals surface area contributed by atoms with Crippen molar-refractivity contribution < 1.29 is 14.9 Å². The van der Waals surface area contributed by atoms with E-state index in [0.717, 1.165) is 35.2 Å². The zero-order chi connectivity index (χ0) is 21.8. The first kappa shape index (κ1) is 21.3. The maximum atomic E-state index is 8.89. The van der Waals surface area contributed by atoms with Crippen molar-refractivity contribution in [2.45, 2.75) is 26.8 Å². The molecular formula is C23H27N5O2. The SMILES string of the molecule is CC(=O)[O-].Cc1c(N=NC2=CC(C)[NH+](C)N2c2ccccc2)c2ccccc2n1C. The van der Waals surface area contributed by atoms with Crippen LogP contribution in [0.1, 0.15) is 19.5 Å². The second-order valence-electron chi connectivity index (χ2n) is 7.33. The van der Waals surface area contributed by atoms with Crippen LogP contribution in [0.3, 0.4) is 0 Å². The first-order valence-corrected chi connectivity index (χ1v) is 9.85. The molecule has 2 unspecified atom stereocenters. The summed E-state index contributed by atoms with van der Waals surface area (Å²) < 4.78 is 2.17. The number of benzene rings is 2. The summed E-state index contributed by atoms with van der Waals surface area (Å²) in [6.45, 7) is 5.25. The van der Waals surface area contributed by atoms with E-state index in [1.807, 2.05) is 12.1 Å². The third-order valence-corrected chi connectivity index (χ3v) is 5.27. The lowest BCUT2D eigenvalue weighted by molar-refractivity contribution is -0.896. The van der Waals surface area contributed by atoms with Crippen molar-refractivity contribution in [1.29, 1.82) is 0 Å². The Morgan fingerprint density at radius 2 is 1.67 bits per heavy atom. The second-order valence-corrected chi connectivity index (χ2v) is 7.33. The van der Waals surface area contributed by atoms with Gasteiger partial charge in [-0.15, -0.1) is 10.2 Å². The van der Waals surface area contributed by atoms with Gasteiger partial charge in [0.15, 0.2) is 0 Å².